The van der Waals surface area contributed by atoms with Crippen LogP contribution in [0.2, 0.25) is 0 Å². The van der Waals surface area contributed by atoms with Crippen LogP contribution in [0.15, 0.2) is 35.2 Å². The van der Waals surface area contributed by atoms with E-state index in [1.807, 2.05) is 32.0 Å². The number of H-pyrrole nitrogens is 1. The van der Waals surface area contributed by atoms with Crippen LogP contribution in [-0.4, -0.2) is 47.2 Å². The summed E-state index contributed by atoms with van der Waals surface area (Å²) >= 11 is 0. The minimum Gasteiger partial charge on any atom is -0.395 e. The van der Waals surface area contributed by atoms with Crippen molar-refractivity contribution >= 4 is 26.7 Å². The fourth-order valence-electron chi connectivity index (χ4n) is 4.15. The first-order chi connectivity index (χ1) is 13.3. The number of nitrogens with two attached hydrogens (primary N) is 1. The van der Waals surface area contributed by atoms with Gasteiger partial charge in [-0.05, 0) is 67.1 Å². The highest BCUT2D eigenvalue weighted by molar-refractivity contribution is 7.89. The lowest BCUT2D eigenvalue weighted by atomic mass is 9.94. The Balaban J connectivity index is 1.77. The van der Waals surface area contributed by atoms with Gasteiger partial charge >= 0.3 is 0 Å². The van der Waals surface area contributed by atoms with Gasteiger partial charge in [0.25, 0.3) is 0 Å². The molecule has 0 spiro atoms. The molecule has 1 saturated heterocycles. The summed E-state index contributed by atoms with van der Waals surface area (Å²) in [6, 6.07) is 8.79. The van der Waals surface area contributed by atoms with Gasteiger partial charge < -0.3 is 10.8 Å². The molecule has 148 valence electrons. The molecule has 1 aliphatic rings. The van der Waals surface area contributed by atoms with Crippen molar-refractivity contribution in [2.75, 3.05) is 18.9 Å². The molecule has 0 aliphatic carbocycles. The number of aryl methyl sites for hydroxylation is 2. The molecule has 28 heavy (non-hydrogen) atoms. The topological polar surface area (TPSA) is 112 Å². The molecule has 1 fully saturated rings. The highest BCUT2D eigenvalue weighted by Gasteiger charge is 2.35. The molecule has 1 atom stereocenters. The Morgan fingerprint density at radius 1 is 1.25 bits per heavy atom. The molecule has 7 nitrogen and oxygen atoms in total. The van der Waals surface area contributed by atoms with E-state index < -0.39 is 10.0 Å². The summed E-state index contributed by atoms with van der Waals surface area (Å²) in [6.07, 6.45) is 1.46. The van der Waals surface area contributed by atoms with Crippen LogP contribution in [0.5, 0.6) is 0 Å². The molecular formula is C20H24N4O3S. The Morgan fingerprint density at radius 3 is 2.71 bits per heavy atom. The van der Waals surface area contributed by atoms with Crippen molar-refractivity contribution in [3.05, 3.63) is 41.5 Å². The molecule has 0 amide bonds. The Hall–Kier alpha value is -2.42. The van der Waals surface area contributed by atoms with Gasteiger partial charge in [-0.2, -0.15) is 9.40 Å². The molecule has 0 saturated carbocycles. The molecule has 3 aromatic rings. The van der Waals surface area contributed by atoms with E-state index in [9.17, 15) is 13.5 Å². The van der Waals surface area contributed by atoms with Gasteiger partial charge in [-0.15, -0.1) is 0 Å². The highest BCUT2D eigenvalue weighted by atomic mass is 32.2. The van der Waals surface area contributed by atoms with Gasteiger partial charge in [-0.3, -0.25) is 5.10 Å². The van der Waals surface area contributed by atoms with E-state index in [-0.39, 0.29) is 17.5 Å². The van der Waals surface area contributed by atoms with E-state index in [0.29, 0.717) is 18.8 Å². The van der Waals surface area contributed by atoms with Crippen LogP contribution in [0.25, 0.3) is 22.0 Å². The summed E-state index contributed by atoms with van der Waals surface area (Å²) in [5, 5.41) is 17.4. The quantitative estimate of drug-likeness (QED) is 0.623. The number of aliphatic hydroxyl groups is 1. The first-order valence-corrected chi connectivity index (χ1v) is 10.8. The summed E-state index contributed by atoms with van der Waals surface area (Å²) in [5.41, 5.74) is 10.7. The average Bonchev–Trinajstić information content (AvgIpc) is 3.30. The van der Waals surface area contributed by atoms with Gasteiger partial charge in [0.15, 0.2) is 5.82 Å². The first-order valence-electron chi connectivity index (χ1n) is 9.31. The first kappa shape index (κ1) is 18.9. The molecule has 4 rings (SSSR count). The molecular weight excluding hydrogens is 376 g/mol. The summed E-state index contributed by atoms with van der Waals surface area (Å²) in [6.45, 7) is 4.19. The van der Waals surface area contributed by atoms with Crippen LogP contribution >= 0.6 is 0 Å². The third-order valence-corrected chi connectivity index (χ3v) is 7.59. The van der Waals surface area contributed by atoms with Crippen LogP contribution < -0.4 is 5.73 Å². The molecule has 0 radical (unpaired) electrons. The smallest absolute Gasteiger partial charge is 0.243 e. The number of hydrogen-bond donors (Lipinski definition) is 3. The van der Waals surface area contributed by atoms with Crippen LogP contribution in [-0.2, 0) is 10.0 Å². The number of sulfonamides is 1. The second kappa shape index (κ2) is 6.88. The van der Waals surface area contributed by atoms with Crippen LogP contribution in [0.3, 0.4) is 0 Å². The van der Waals surface area contributed by atoms with Crippen LogP contribution in [0.1, 0.15) is 24.0 Å². The number of aromatic nitrogens is 2. The van der Waals surface area contributed by atoms with Gasteiger partial charge in [0, 0.05) is 18.0 Å². The second-order valence-electron chi connectivity index (χ2n) is 7.34. The summed E-state index contributed by atoms with van der Waals surface area (Å²) in [4.78, 5) is 0.260. The Kier molecular flexibility index (Phi) is 4.65. The second-order valence-corrected chi connectivity index (χ2v) is 9.23. The number of nitrogens with zero attached hydrogens (tertiary/aromatic N) is 2. The van der Waals surface area contributed by atoms with Gasteiger partial charge in [0.05, 0.1) is 17.0 Å². The number of benzene rings is 2. The highest BCUT2D eigenvalue weighted by Crippen LogP contribution is 2.35. The number of aliphatic hydroxyl groups excluding tert-OH is 1. The van der Waals surface area contributed by atoms with E-state index >= 15 is 0 Å². The number of aromatic amines is 1. The molecule has 0 bridgehead atoms. The summed E-state index contributed by atoms with van der Waals surface area (Å²) < 4.78 is 27.5. The molecule has 2 heterocycles. The SMILES string of the molecule is Cc1cc(S(=O)(=O)N2CCCC2CO)ccc1-c1ccc2[nH]nc(N)c2c1C. The van der Waals surface area contributed by atoms with E-state index in [0.717, 1.165) is 39.6 Å². The molecule has 4 N–H and O–H groups in total. The van der Waals surface area contributed by atoms with Crippen molar-refractivity contribution < 1.29 is 13.5 Å². The molecule has 2 aromatic carbocycles. The van der Waals surface area contributed by atoms with E-state index in [4.69, 9.17) is 5.73 Å². The molecule has 1 aromatic heterocycles. The van der Waals surface area contributed by atoms with Crippen molar-refractivity contribution in [3.63, 3.8) is 0 Å². The average molecular weight is 401 g/mol. The van der Waals surface area contributed by atoms with Gasteiger partial charge in [0.2, 0.25) is 10.0 Å². The lowest BCUT2D eigenvalue weighted by molar-refractivity contribution is 0.213. The zero-order chi connectivity index (χ0) is 20.1. The zero-order valence-corrected chi connectivity index (χ0v) is 16.8. The third kappa shape index (κ3) is 2.88. The standard InChI is InChI=1S/C20H24N4O3S/c1-12-10-15(28(26,27)24-9-3-4-14(24)11-25)5-6-16(12)17-7-8-18-19(13(17)2)20(21)23-22-18/h5-8,10,14,25H,3-4,9,11H2,1-2H3,(H3,21,22,23). The molecule has 1 unspecified atom stereocenters. The Bertz CT molecular complexity index is 1150. The Morgan fingerprint density at radius 2 is 2.00 bits per heavy atom. The van der Waals surface area contributed by atoms with Gasteiger partial charge in [-0.1, -0.05) is 12.1 Å². The number of rotatable bonds is 4. The maximum absolute atomic E-state index is 13.0. The van der Waals surface area contributed by atoms with Crippen LogP contribution in [0, 0.1) is 13.8 Å². The molecule has 1 aliphatic heterocycles. The number of nitrogen functional groups attached to an aromatic ring is 1. The van der Waals surface area contributed by atoms with Crippen molar-refractivity contribution in [2.24, 2.45) is 0 Å². The number of fused-ring (bicyclic) bond motifs is 1. The third-order valence-electron chi connectivity index (χ3n) is 5.65. The summed E-state index contributed by atoms with van der Waals surface area (Å²) in [7, 11) is -3.63. The lowest BCUT2D eigenvalue weighted by Gasteiger charge is -2.23. The minimum absolute atomic E-state index is 0.151. The fourth-order valence-corrected chi connectivity index (χ4v) is 5.92. The lowest BCUT2D eigenvalue weighted by Crippen LogP contribution is -2.37. The monoisotopic (exact) mass is 400 g/mol. The largest absolute Gasteiger partial charge is 0.395 e. The Labute approximate surface area is 164 Å². The summed E-state index contributed by atoms with van der Waals surface area (Å²) in [5.74, 6) is 0.454. The van der Waals surface area contributed by atoms with Crippen molar-refractivity contribution in [1.82, 2.24) is 14.5 Å². The predicted molar refractivity (Wildman–Crippen MR) is 109 cm³/mol. The molecule has 8 heteroatoms. The fraction of sp³-hybridized carbons (Fsp3) is 0.350. The van der Waals surface area contributed by atoms with Crippen molar-refractivity contribution in [1.29, 1.82) is 0 Å². The van der Waals surface area contributed by atoms with Crippen molar-refractivity contribution in [3.8, 4) is 11.1 Å². The maximum atomic E-state index is 13.0. The minimum atomic E-state index is -3.63. The van der Waals surface area contributed by atoms with E-state index in [1.165, 1.54) is 4.31 Å². The van der Waals surface area contributed by atoms with Gasteiger partial charge in [0.1, 0.15) is 0 Å². The normalized spacial score (nSPS) is 18.2. The van der Waals surface area contributed by atoms with Crippen molar-refractivity contribution in [2.45, 2.75) is 37.6 Å². The number of hydrogen-bond acceptors (Lipinski definition) is 5. The predicted octanol–water partition coefficient (Wildman–Crippen LogP) is 2.57. The maximum Gasteiger partial charge on any atom is 0.243 e. The number of anilines is 1. The van der Waals surface area contributed by atoms with E-state index in [1.54, 1.807) is 12.1 Å². The zero-order valence-electron chi connectivity index (χ0n) is 15.9. The van der Waals surface area contributed by atoms with Crippen LogP contribution in [0.4, 0.5) is 5.82 Å². The number of nitrogens with one attached hydrogen (secondary N) is 1. The van der Waals surface area contributed by atoms with Gasteiger partial charge in [-0.25, -0.2) is 8.42 Å². The van der Waals surface area contributed by atoms with E-state index in [2.05, 4.69) is 10.2 Å².